The summed E-state index contributed by atoms with van der Waals surface area (Å²) in [5.41, 5.74) is 0.895. The summed E-state index contributed by atoms with van der Waals surface area (Å²) in [5.74, 6) is 0.363. The Morgan fingerprint density at radius 2 is 2.17 bits per heavy atom. The minimum atomic E-state index is -0.221. The first-order valence-corrected chi connectivity index (χ1v) is 10.9. The van der Waals surface area contributed by atoms with Crippen LogP contribution in [0.1, 0.15) is 32.1 Å². The number of likely N-dealkylation sites (N-methyl/N-ethyl adjacent to an activating group) is 1. The van der Waals surface area contributed by atoms with E-state index in [0.717, 1.165) is 51.1 Å². The summed E-state index contributed by atoms with van der Waals surface area (Å²) in [7, 11) is 3.46. The van der Waals surface area contributed by atoms with E-state index in [0.29, 0.717) is 12.5 Å². The Morgan fingerprint density at radius 3 is 2.90 bits per heavy atom. The molecule has 1 aromatic rings. The Labute approximate surface area is 178 Å². The number of aliphatic imine (C=N–C) groups is 1. The average molecular weight is 420 g/mol. The predicted octanol–water partition coefficient (Wildman–Crippen LogP) is 1.99. The van der Waals surface area contributed by atoms with E-state index >= 15 is 0 Å². The van der Waals surface area contributed by atoms with Crippen LogP contribution in [0.3, 0.4) is 0 Å². The van der Waals surface area contributed by atoms with E-state index < -0.39 is 0 Å². The summed E-state index contributed by atoms with van der Waals surface area (Å²) >= 11 is 0. The fraction of sp³-hybridized carbons (Fsp3) is 0.636. The lowest BCUT2D eigenvalue weighted by Gasteiger charge is -2.35. The summed E-state index contributed by atoms with van der Waals surface area (Å²) in [5, 5.41) is 6.84. The van der Waals surface area contributed by atoms with Crippen LogP contribution < -0.4 is 15.5 Å². The predicted molar refractivity (Wildman–Crippen MR) is 117 cm³/mol. The maximum Gasteiger partial charge on any atom is 0.243 e. The van der Waals surface area contributed by atoms with Gasteiger partial charge in [0, 0.05) is 52.1 Å². The zero-order chi connectivity index (χ0) is 21.3. The van der Waals surface area contributed by atoms with Crippen molar-refractivity contribution in [1.29, 1.82) is 0 Å². The van der Waals surface area contributed by atoms with Crippen LogP contribution in [-0.2, 0) is 9.53 Å². The molecule has 166 valence electrons. The number of nitrogens with one attached hydrogen (secondary N) is 2. The number of ether oxygens (including phenoxy) is 1. The molecule has 30 heavy (non-hydrogen) atoms. The molecule has 0 radical (unpaired) electrons. The first-order chi connectivity index (χ1) is 14.5. The van der Waals surface area contributed by atoms with Crippen molar-refractivity contribution in [2.45, 2.75) is 44.2 Å². The van der Waals surface area contributed by atoms with Gasteiger partial charge >= 0.3 is 0 Å². The van der Waals surface area contributed by atoms with Gasteiger partial charge in [-0.1, -0.05) is 6.07 Å². The normalized spacial score (nSPS) is 22.5. The van der Waals surface area contributed by atoms with Gasteiger partial charge in [-0.25, -0.2) is 9.38 Å². The maximum atomic E-state index is 13.6. The van der Waals surface area contributed by atoms with Crippen molar-refractivity contribution < 1.29 is 13.9 Å². The third-order valence-corrected chi connectivity index (χ3v) is 5.58. The van der Waals surface area contributed by atoms with Crippen molar-refractivity contribution in [3.8, 4) is 0 Å². The second-order valence-corrected chi connectivity index (χ2v) is 8.23. The standard InChI is InChI=1S/C22H34FN5O2/c1-27(2)21(29)15-25-22(24-14-20-10-3-4-12-30-20)26-18-8-6-11-28(16-18)19-9-5-7-17(23)13-19/h5,7,9,13,18,20H,3-4,6,8,10-12,14-16H2,1-2H3,(H2,24,25,26). The van der Waals surface area contributed by atoms with Crippen LogP contribution >= 0.6 is 0 Å². The number of carbonyl (C=O) groups is 1. The van der Waals surface area contributed by atoms with Crippen molar-refractivity contribution in [3.63, 3.8) is 0 Å². The lowest BCUT2D eigenvalue weighted by Crippen LogP contribution is -2.52. The number of amides is 1. The van der Waals surface area contributed by atoms with Crippen LogP contribution in [0.4, 0.5) is 10.1 Å². The van der Waals surface area contributed by atoms with E-state index in [9.17, 15) is 9.18 Å². The van der Waals surface area contributed by atoms with E-state index in [1.165, 1.54) is 17.4 Å². The third-order valence-electron chi connectivity index (χ3n) is 5.58. The van der Waals surface area contributed by atoms with Crippen molar-refractivity contribution >= 4 is 17.6 Å². The molecule has 2 aliphatic rings. The van der Waals surface area contributed by atoms with Gasteiger partial charge in [0.25, 0.3) is 0 Å². The molecular weight excluding hydrogens is 385 g/mol. The van der Waals surface area contributed by atoms with E-state index in [1.54, 1.807) is 26.2 Å². The summed E-state index contributed by atoms with van der Waals surface area (Å²) < 4.78 is 19.4. The molecule has 2 unspecified atom stereocenters. The molecule has 1 aromatic carbocycles. The fourth-order valence-corrected chi connectivity index (χ4v) is 3.82. The molecule has 2 atom stereocenters. The van der Waals surface area contributed by atoms with Gasteiger partial charge in [-0.2, -0.15) is 0 Å². The Balaban J connectivity index is 1.61. The SMILES string of the molecule is CN(C)C(=O)CN=C(NCC1CCCCO1)NC1CCCN(c2cccc(F)c2)C1. The number of benzene rings is 1. The lowest BCUT2D eigenvalue weighted by atomic mass is 10.0. The molecular formula is C22H34FN5O2. The first kappa shape index (κ1) is 22.3. The van der Waals surface area contributed by atoms with Crippen LogP contribution in [0.2, 0.25) is 0 Å². The van der Waals surface area contributed by atoms with E-state index in [-0.39, 0.29) is 30.4 Å². The van der Waals surface area contributed by atoms with Gasteiger partial charge in [-0.15, -0.1) is 0 Å². The van der Waals surface area contributed by atoms with Crippen LogP contribution in [0, 0.1) is 5.82 Å². The van der Waals surface area contributed by atoms with Gasteiger partial charge in [0.1, 0.15) is 12.4 Å². The van der Waals surface area contributed by atoms with Gasteiger partial charge in [-0.05, 0) is 50.3 Å². The molecule has 2 fully saturated rings. The number of carbonyl (C=O) groups excluding carboxylic acids is 1. The number of halogens is 1. The molecule has 7 nitrogen and oxygen atoms in total. The van der Waals surface area contributed by atoms with Crippen LogP contribution in [-0.4, -0.2) is 75.8 Å². The third kappa shape index (κ3) is 6.86. The number of hydrogen-bond donors (Lipinski definition) is 2. The largest absolute Gasteiger partial charge is 0.376 e. The molecule has 0 spiro atoms. The van der Waals surface area contributed by atoms with E-state index in [2.05, 4.69) is 20.5 Å². The summed E-state index contributed by atoms with van der Waals surface area (Å²) in [6.45, 7) is 3.22. The lowest BCUT2D eigenvalue weighted by molar-refractivity contribution is -0.127. The minimum Gasteiger partial charge on any atom is -0.376 e. The molecule has 2 aliphatic heterocycles. The fourth-order valence-electron chi connectivity index (χ4n) is 3.82. The Bertz CT molecular complexity index is 721. The highest BCUT2D eigenvalue weighted by molar-refractivity contribution is 5.85. The Morgan fingerprint density at radius 1 is 1.30 bits per heavy atom. The highest BCUT2D eigenvalue weighted by Gasteiger charge is 2.22. The molecule has 2 saturated heterocycles. The molecule has 1 amide bonds. The topological polar surface area (TPSA) is 69.2 Å². The summed E-state index contributed by atoms with van der Waals surface area (Å²) in [4.78, 5) is 20.2. The quantitative estimate of drug-likeness (QED) is 0.545. The number of piperidine rings is 1. The second kappa shape index (κ2) is 11.2. The first-order valence-electron chi connectivity index (χ1n) is 10.9. The van der Waals surface area contributed by atoms with Crippen molar-refractivity contribution in [1.82, 2.24) is 15.5 Å². The average Bonchev–Trinajstić information content (AvgIpc) is 2.76. The highest BCUT2D eigenvalue weighted by atomic mass is 19.1. The van der Waals surface area contributed by atoms with Gasteiger partial charge in [0.15, 0.2) is 5.96 Å². The van der Waals surface area contributed by atoms with E-state index in [4.69, 9.17) is 4.74 Å². The van der Waals surface area contributed by atoms with Crippen molar-refractivity contribution in [2.24, 2.45) is 4.99 Å². The van der Waals surface area contributed by atoms with Crippen LogP contribution in [0.15, 0.2) is 29.3 Å². The monoisotopic (exact) mass is 419 g/mol. The number of nitrogens with zero attached hydrogens (tertiary/aromatic N) is 3. The number of hydrogen-bond acceptors (Lipinski definition) is 4. The molecule has 3 rings (SSSR count). The number of guanidine groups is 1. The summed E-state index contributed by atoms with van der Waals surface area (Å²) in [6, 6.07) is 6.89. The van der Waals surface area contributed by atoms with Crippen LogP contribution in [0.5, 0.6) is 0 Å². The molecule has 0 aromatic heterocycles. The van der Waals surface area contributed by atoms with Gasteiger partial charge in [0.05, 0.1) is 6.10 Å². The zero-order valence-corrected chi connectivity index (χ0v) is 18.1. The summed E-state index contributed by atoms with van der Waals surface area (Å²) in [6.07, 6.45) is 5.50. The smallest absolute Gasteiger partial charge is 0.243 e. The number of rotatable bonds is 6. The molecule has 0 bridgehead atoms. The van der Waals surface area contributed by atoms with Crippen molar-refractivity contribution in [2.75, 3.05) is 51.8 Å². The molecule has 0 saturated carbocycles. The van der Waals surface area contributed by atoms with E-state index in [1.807, 2.05) is 6.07 Å². The Hall–Kier alpha value is -2.35. The molecule has 0 aliphatic carbocycles. The zero-order valence-electron chi connectivity index (χ0n) is 18.1. The Kier molecular flexibility index (Phi) is 8.30. The van der Waals surface area contributed by atoms with Gasteiger partial charge in [-0.3, -0.25) is 4.79 Å². The van der Waals surface area contributed by atoms with Gasteiger partial charge in [0.2, 0.25) is 5.91 Å². The van der Waals surface area contributed by atoms with Crippen LogP contribution in [0.25, 0.3) is 0 Å². The van der Waals surface area contributed by atoms with Gasteiger partial charge < -0.3 is 25.2 Å². The molecule has 8 heteroatoms. The maximum absolute atomic E-state index is 13.6. The molecule has 2 heterocycles. The second-order valence-electron chi connectivity index (χ2n) is 8.23. The number of anilines is 1. The molecule has 2 N–H and O–H groups in total. The minimum absolute atomic E-state index is 0.0463. The van der Waals surface area contributed by atoms with Crippen molar-refractivity contribution in [3.05, 3.63) is 30.1 Å². The highest BCUT2D eigenvalue weighted by Crippen LogP contribution is 2.20.